The van der Waals surface area contributed by atoms with E-state index in [4.69, 9.17) is 0 Å². The fourth-order valence-electron chi connectivity index (χ4n) is 4.13. The minimum Gasteiger partial charge on any atom is -0.342 e. The second kappa shape index (κ2) is 6.80. The largest absolute Gasteiger partial charge is 0.342 e. The van der Waals surface area contributed by atoms with E-state index in [-0.39, 0.29) is 17.9 Å². The molecule has 120 valence electrons. The average molecular weight is 294 g/mol. The Morgan fingerprint density at radius 3 is 2.24 bits per heavy atom. The topological polar surface area (TPSA) is 49.4 Å². The zero-order valence-corrected chi connectivity index (χ0v) is 13.8. The van der Waals surface area contributed by atoms with Crippen LogP contribution in [0.15, 0.2) is 0 Å². The van der Waals surface area contributed by atoms with E-state index >= 15 is 0 Å². The van der Waals surface area contributed by atoms with Gasteiger partial charge >= 0.3 is 0 Å². The second-order valence-corrected chi connectivity index (χ2v) is 6.58. The maximum atomic E-state index is 13.0. The van der Waals surface area contributed by atoms with Gasteiger partial charge in [-0.3, -0.25) is 9.59 Å². The third-order valence-electron chi connectivity index (χ3n) is 5.50. The normalized spacial score (nSPS) is 26.8. The van der Waals surface area contributed by atoms with E-state index in [2.05, 4.69) is 12.2 Å². The molecular formula is C17H30N2O2. The van der Waals surface area contributed by atoms with Crippen molar-refractivity contribution in [2.24, 2.45) is 5.92 Å². The third kappa shape index (κ3) is 2.82. The first-order valence-corrected chi connectivity index (χ1v) is 8.73. The van der Waals surface area contributed by atoms with E-state index in [0.717, 1.165) is 19.3 Å². The van der Waals surface area contributed by atoms with Crippen molar-refractivity contribution in [1.82, 2.24) is 10.2 Å². The molecule has 2 amide bonds. The van der Waals surface area contributed by atoms with Crippen LogP contribution in [0.25, 0.3) is 0 Å². The Morgan fingerprint density at radius 2 is 1.71 bits per heavy atom. The van der Waals surface area contributed by atoms with Crippen molar-refractivity contribution < 1.29 is 9.59 Å². The summed E-state index contributed by atoms with van der Waals surface area (Å²) in [5.74, 6) is 0.560. The Morgan fingerprint density at radius 1 is 1.10 bits per heavy atom. The molecule has 2 fully saturated rings. The molecule has 21 heavy (non-hydrogen) atoms. The van der Waals surface area contributed by atoms with Crippen molar-refractivity contribution in [2.75, 3.05) is 6.54 Å². The third-order valence-corrected chi connectivity index (χ3v) is 5.50. The standard InChI is InChI=1S/C17H30N2O2/c1-4-12-19-15(20)14(13-10-8-7-9-11-13)18-16(21)17(19,5-2)6-3/h13-14H,4-12H2,1-3H3,(H,18,21). The highest BCUT2D eigenvalue weighted by atomic mass is 16.2. The number of nitrogens with zero attached hydrogens (tertiary/aromatic N) is 1. The first-order chi connectivity index (χ1) is 10.1. The Labute approximate surface area is 128 Å². The predicted molar refractivity (Wildman–Crippen MR) is 83.8 cm³/mol. The molecule has 1 aliphatic heterocycles. The van der Waals surface area contributed by atoms with E-state index in [9.17, 15) is 9.59 Å². The summed E-state index contributed by atoms with van der Waals surface area (Å²) in [5.41, 5.74) is -0.627. The lowest BCUT2D eigenvalue weighted by Gasteiger charge is -2.49. The van der Waals surface area contributed by atoms with E-state index < -0.39 is 5.54 Å². The molecule has 1 aliphatic carbocycles. The van der Waals surface area contributed by atoms with Gasteiger partial charge in [-0.05, 0) is 38.0 Å². The van der Waals surface area contributed by atoms with E-state index in [1.165, 1.54) is 19.3 Å². The molecule has 0 radical (unpaired) electrons. The highest BCUT2D eigenvalue weighted by Crippen LogP contribution is 2.34. The maximum Gasteiger partial charge on any atom is 0.246 e. The average Bonchev–Trinajstić information content (AvgIpc) is 2.52. The van der Waals surface area contributed by atoms with Gasteiger partial charge in [0.2, 0.25) is 11.8 Å². The lowest BCUT2D eigenvalue weighted by molar-refractivity contribution is -0.160. The quantitative estimate of drug-likeness (QED) is 0.847. The van der Waals surface area contributed by atoms with Crippen LogP contribution >= 0.6 is 0 Å². The van der Waals surface area contributed by atoms with Gasteiger partial charge in [-0.15, -0.1) is 0 Å². The summed E-state index contributed by atoms with van der Waals surface area (Å²) < 4.78 is 0. The van der Waals surface area contributed by atoms with Crippen LogP contribution in [-0.2, 0) is 9.59 Å². The van der Waals surface area contributed by atoms with E-state index in [1.807, 2.05) is 18.7 Å². The van der Waals surface area contributed by atoms with Gasteiger partial charge in [0.25, 0.3) is 0 Å². The minimum absolute atomic E-state index is 0.0659. The van der Waals surface area contributed by atoms with Crippen LogP contribution in [0, 0.1) is 5.92 Å². The molecule has 0 bridgehead atoms. The second-order valence-electron chi connectivity index (χ2n) is 6.58. The number of amides is 2. The molecule has 1 atom stereocenters. The van der Waals surface area contributed by atoms with Crippen LogP contribution in [0.3, 0.4) is 0 Å². The molecule has 1 N–H and O–H groups in total. The molecular weight excluding hydrogens is 264 g/mol. The number of hydrogen-bond acceptors (Lipinski definition) is 2. The summed E-state index contributed by atoms with van der Waals surface area (Å²) >= 11 is 0. The molecule has 1 saturated carbocycles. The van der Waals surface area contributed by atoms with Gasteiger partial charge in [0.1, 0.15) is 11.6 Å². The highest BCUT2D eigenvalue weighted by Gasteiger charge is 2.51. The van der Waals surface area contributed by atoms with Gasteiger partial charge in [-0.2, -0.15) is 0 Å². The Bertz CT molecular complexity index is 384. The van der Waals surface area contributed by atoms with Crippen LogP contribution < -0.4 is 5.32 Å². The van der Waals surface area contributed by atoms with Crippen LogP contribution in [0.1, 0.15) is 72.1 Å². The first kappa shape index (κ1) is 16.3. The van der Waals surface area contributed by atoms with Crippen molar-refractivity contribution in [3.8, 4) is 0 Å². The van der Waals surface area contributed by atoms with Crippen LogP contribution in [0.5, 0.6) is 0 Å². The highest BCUT2D eigenvalue weighted by molar-refractivity contribution is 6.00. The lowest BCUT2D eigenvalue weighted by Crippen LogP contribution is -2.71. The van der Waals surface area contributed by atoms with Crippen molar-refractivity contribution in [3.05, 3.63) is 0 Å². The lowest BCUT2D eigenvalue weighted by atomic mass is 9.78. The molecule has 0 aromatic heterocycles. The number of carbonyl (C=O) groups excluding carboxylic acids is 2. The van der Waals surface area contributed by atoms with Crippen molar-refractivity contribution in [3.63, 3.8) is 0 Å². The summed E-state index contributed by atoms with van der Waals surface area (Å²) in [6, 6.07) is -0.282. The number of hydrogen-bond donors (Lipinski definition) is 1. The number of carbonyl (C=O) groups is 2. The summed E-state index contributed by atoms with van der Waals surface area (Å²) in [6.07, 6.45) is 8.06. The van der Waals surface area contributed by atoms with Crippen molar-refractivity contribution >= 4 is 11.8 Å². The summed E-state index contributed by atoms with van der Waals surface area (Å²) in [4.78, 5) is 27.7. The minimum atomic E-state index is -0.627. The molecule has 0 spiro atoms. The summed E-state index contributed by atoms with van der Waals surface area (Å²) in [5, 5.41) is 3.09. The molecule has 2 rings (SSSR count). The summed E-state index contributed by atoms with van der Waals surface area (Å²) in [7, 11) is 0. The molecule has 2 aliphatic rings. The predicted octanol–water partition coefficient (Wildman–Crippen LogP) is 2.86. The van der Waals surface area contributed by atoms with Gasteiger partial charge in [0.15, 0.2) is 0 Å². The molecule has 4 nitrogen and oxygen atoms in total. The molecule has 0 aromatic carbocycles. The van der Waals surface area contributed by atoms with Gasteiger partial charge in [0, 0.05) is 6.54 Å². The summed E-state index contributed by atoms with van der Waals surface area (Å²) in [6.45, 7) is 6.79. The van der Waals surface area contributed by atoms with Crippen molar-refractivity contribution in [1.29, 1.82) is 0 Å². The van der Waals surface area contributed by atoms with E-state index in [0.29, 0.717) is 25.3 Å². The fraction of sp³-hybridized carbons (Fsp3) is 0.882. The maximum absolute atomic E-state index is 13.0. The Hall–Kier alpha value is -1.06. The van der Waals surface area contributed by atoms with Crippen LogP contribution in [0.2, 0.25) is 0 Å². The molecule has 0 aromatic rings. The Kier molecular flexibility index (Phi) is 5.28. The van der Waals surface area contributed by atoms with Gasteiger partial charge in [-0.1, -0.05) is 40.0 Å². The van der Waals surface area contributed by atoms with Crippen molar-refractivity contribution in [2.45, 2.75) is 83.7 Å². The zero-order valence-electron chi connectivity index (χ0n) is 13.8. The SMILES string of the molecule is CCCN1C(=O)C(C2CCCCC2)NC(=O)C1(CC)CC. The molecule has 1 saturated heterocycles. The van der Waals surface area contributed by atoms with E-state index in [1.54, 1.807) is 0 Å². The van der Waals surface area contributed by atoms with Crippen LogP contribution in [-0.4, -0.2) is 34.8 Å². The smallest absolute Gasteiger partial charge is 0.246 e. The molecule has 1 heterocycles. The zero-order chi connectivity index (χ0) is 15.5. The fourth-order valence-corrected chi connectivity index (χ4v) is 4.13. The van der Waals surface area contributed by atoms with Gasteiger partial charge in [-0.25, -0.2) is 0 Å². The number of nitrogens with one attached hydrogen (secondary N) is 1. The van der Waals surface area contributed by atoms with Gasteiger partial charge in [0.05, 0.1) is 0 Å². The molecule has 1 unspecified atom stereocenters. The number of rotatable bonds is 5. The molecule has 4 heteroatoms. The number of piperazine rings is 1. The monoisotopic (exact) mass is 294 g/mol. The van der Waals surface area contributed by atoms with Gasteiger partial charge < -0.3 is 10.2 Å². The first-order valence-electron chi connectivity index (χ1n) is 8.73. The Balaban J connectivity index is 2.26. The van der Waals surface area contributed by atoms with Crippen LogP contribution in [0.4, 0.5) is 0 Å².